The first-order chi connectivity index (χ1) is 15.4. The van der Waals surface area contributed by atoms with E-state index in [4.69, 9.17) is 4.99 Å². The Labute approximate surface area is 199 Å². The highest BCUT2D eigenvalue weighted by atomic mass is 32.2. The molecule has 32 heavy (non-hydrogen) atoms. The number of carboxylic acids is 1. The van der Waals surface area contributed by atoms with Crippen molar-refractivity contribution in [2.75, 3.05) is 12.3 Å². The molecular weight excluding hydrogens is 436 g/mol. The summed E-state index contributed by atoms with van der Waals surface area (Å²) in [6.45, 7) is 7.05. The molecular formula is C26H32N2O2S2. The zero-order valence-corrected chi connectivity index (χ0v) is 20.8. The van der Waals surface area contributed by atoms with Crippen molar-refractivity contribution >= 4 is 45.5 Å². The number of hydrogen-bond donors (Lipinski definition) is 1. The maximum atomic E-state index is 11.9. The third kappa shape index (κ3) is 5.46. The number of aliphatic imine (C=N–C) groups is 1. The Kier molecular flexibility index (Phi) is 7.41. The smallest absolute Gasteiger partial charge is 0.326 e. The van der Waals surface area contributed by atoms with E-state index in [-0.39, 0.29) is 0 Å². The lowest BCUT2D eigenvalue weighted by atomic mass is 10.1. The van der Waals surface area contributed by atoms with Crippen molar-refractivity contribution in [3.63, 3.8) is 0 Å². The van der Waals surface area contributed by atoms with Crippen LogP contribution in [0.1, 0.15) is 60.1 Å². The molecule has 0 amide bonds. The number of allylic oxidation sites excluding steroid dienone is 2. The molecule has 2 aromatic rings. The fraction of sp³-hybridized carbons (Fsp3) is 0.462. The van der Waals surface area contributed by atoms with Gasteiger partial charge in [-0.25, -0.2) is 9.79 Å². The van der Waals surface area contributed by atoms with Gasteiger partial charge >= 0.3 is 5.97 Å². The van der Waals surface area contributed by atoms with Crippen LogP contribution in [0.15, 0.2) is 40.2 Å². The first-order valence-corrected chi connectivity index (χ1v) is 13.3. The Balaban J connectivity index is 1.51. The van der Waals surface area contributed by atoms with Gasteiger partial charge in [0.15, 0.2) is 5.17 Å². The molecule has 2 heterocycles. The second kappa shape index (κ2) is 10.3. The standard InChI is InChI=1S/C26H32N2O2S2/c1-17-15-18(2)24(19(3)16-17)27-26(28-12-4-8-22(28)25(29)30)32-14-5-7-21(20-10-11-20)23-9-6-13-31-23/h6,9,13,15-16,22H,4-5,7-8,10-12,14H2,1-3H3,(H,29,30). The number of amidine groups is 1. The summed E-state index contributed by atoms with van der Waals surface area (Å²) in [6.07, 6.45) is 6.23. The molecule has 170 valence electrons. The number of hydrogen-bond acceptors (Lipinski definition) is 4. The van der Waals surface area contributed by atoms with Crippen LogP contribution in [-0.2, 0) is 4.79 Å². The van der Waals surface area contributed by atoms with Gasteiger partial charge in [-0.2, -0.15) is 0 Å². The van der Waals surface area contributed by atoms with Gasteiger partial charge < -0.3 is 10.0 Å². The average molecular weight is 469 g/mol. The van der Waals surface area contributed by atoms with Gasteiger partial charge in [0, 0.05) is 17.2 Å². The van der Waals surface area contributed by atoms with Crippen molar-refractivity contribution in [2.45, 2.75) is 65.3 Å². The third-order valence-corrected chi connectivity index (χ3v) is 8.18. The molecule has 0 spiro atoms. The highest BCUT2D eigenvalue weighted by Crippen LogP contribution is 2.40. The van der Waals surface area contributed by atoms with Crippen LogP contribution in [0, 0.1) is 20.8 Å². The quantitative estimate of drug-likeness (QED) is 0.271. The van der Waals surface area contributed by atoms with E-state index >= 15 is 0 Å². The minimum atomic E-state index is -0.744. The molecule has 1 aromatic heterocycles. The predicted molar refractivity (Wildman–Crippen MR) is 137 cm³/mol. The fourth-order valence-corrected chi connectivity index (χ4v) is 6.44. The highest BCUT2D eigenvalue weighted by molar-refractivity contribution is 8.13. The fourth-order valence-electron chi connectivity index (χ4n) is 4.58. The number of nitrogens with zero attached hydrogens (tertiary/aromatic N) is 2. The average Bonchev–Trinajstić information content (AvgIpc) is 3.22. The lowest BCUT2D eigenvalue weighted by Gasteiger charge is -2.25. The number of thioether (sulfide) groups is 1. The maximum absolute atomic E-state index is 11.9. The van der Waals surface area contributed by atoms with Gasteiger partial charge in [0.05, 0.1) is 5.69 Å². The number of aliphatic carboxylic acids is 1. The molecule has 1 aromatic carbocycles. The number of thiophene rings is 1. The molecule has 2 aliphatic rings. The van der Waals surface area contributed by atoms with Crippen LogP contribution in [0.25, 0.3) is 5.57 Å². The summed E-state index contributed by atoms with van der Waals surface area (Å²) in [5, 5.41) is 12.8. The van der Waals surface area contributed by atoms with Gasteiger partial charge in [0.2, 0.25) is 0 Å². The minimum Gasteiger partial charge on any atom is -0.480 e. The summed E-state index contributed by atoms with van der Waals surface area (Å²) in [6, 6.07) is 8.20. The van der Waals surface area contributed by atoms with E-state index in [0.29, 0.717) is 6.42 Å². The number of carbonyl (C=O) groups is 1. The highest BCUT2D eigenvalue weighted by Gasteiger charge is 2.33. The first kappa shape index (κ1) is 23.1. The monoisotopic (exact) mass is 468 g/mol. The Morgan fingerprint density at radius 2 is 2.00 bits per heavy atom. The molecule has 1 aliphatic carbocycles. The summed E-state index contributed by atoms with van der Waals surface area (Å²) < 4.78 is 0. The maximum Gasteiger partial charge on any atom is 0.326 e. The molecule has 1 aliphatic heterocycles. The second-order valence-corrected chi connectivity index (χ2v) is 10.9. The lowest BCUT2D eigenvalue weighted by molar-refractivity contribution is -0.140. The van der Waals surface area contributed by atoms with E-state index in [0.717, 1.165) is 53.5 Å². The molecule has 4 nitrogen and oxygen atoms in total. The number of benzene rings is 1. The number of likely N-dealkylation sites (tertiary alicyclic amines) is 1. The van der Waals surface area contributed by atoms with Crippen molar-refractivity contribution in [1.29, 1.82) is 0 Å². The van der Waals surface area contributed by atoms with Gasteiger partial charge in [-0.15, -0.1) is 11.3 Å². The molecule has 4 rings (SSSR count). The second-order valence-electron chi connectivity index (χ2n) is 8.84. The molecule has 6 heteroatoms. The summed E-state index contributed by atoms with van der Waals surface area (Å²) >= 11 is 3.55. The van der Waals surface area contributed by atoms with E-state index in [2.05, 4.69) is 50.4 Å². The van der Waals surface area contributed by atoms with E-state index in [1.165, 1.54) is 28.9 Å². The lowest BCUT2D eigenvalue weighted by Crippen LogP contribution is -2.39. The van der Waals surface area contributed by atoms with Crippen molar-refractivity contribution < 1.29 is 9.90 Å². The van der Waals surface area contributed by atoms with Crippen LogP contribution >= 0.6 is 23.1 Å². The topological polar surface area (TPSA) is 52.9 Å². The predicted octanol–water partition coefficient (Wildman–Crippen LogP) is 6.97. The molecule has 0 bridgehead atoms. The Bertz CT molecular complexity index is 1010. The third-order valence-electron chi connectivity index (χ3n) is 6.17. The SMILES string of the molecule is Cc1cc(C)c(N=C(SCCCC(=C2CC2)c2cccs2)N2CCCC2C(=O)O)c(C)c1. The summed E-state index contributed by atoms with van der Waals surface area (Å²) in [7, 11) is 0. The number of rotatable bonds is 7. The van der Waals surface area contributed by atoms with Crippen LogP contribution in [-0.4, -0.2) is 39.5 Å². The molecule has 1 saturated heterocycles. The minimum absolute atomic E-state index is 0.470. The van der Waals surface area contributed by atoms with Gasteiger partial charge in [-0.3, -0.25) is 0 Å². The molecule has 2 fully saturated rings. The molecule has 1 N–H and O–H groups in total. The van der Waals surface area contributed by atoms with Crippen LogP contribution in [0.2, 0.25) is 0 Å². The normalized spacial score (nSPS) is 18.3. The van der Waals surface area contributed by atoms with Gasteiger partial charge in [0.25, 0.3) is 0 Å². The Morgan fingerprint density at radius 3 is 2.62 bits per heavy atom. The largest absolute Gasteiger partial charge is 0.480 e. The van der Waals surface area contributed by atoms with E-state index < -0.39 is 12.0 Å². The van der Waals surface area contributed by atoms with Gasteiger partial charge in [0.1, 0.15) is 6.04 Å². The Morgan fingerprint density at radius 1 is 1.25 bits per heavy atom. The first-order valence-electron chi connectivity index (χ1n) is 11.5. The zero-order valence-electron chi connectivity index (χ0n) is 19.2. The van der Waals surface area contributed by atoms with E-state index in [1.807, 2.05) is 16.2 Å². The zero-order chi connectivity index (χ0) is 22.7. The van der Waals surface area contributed by atoms with Crippen LogP contribution in [0.3, 0.4) is 0 Å². The van der Waals surface area contributed by atoms with Crippen molar-refractivity contribution in [2.24, 2.45) is 4.99 Å². The van der Waals surface area contributed by atoms with Crippen molar-refractivity contribution in [1.82, 2.24) is 4.90 Å². The van der Waals surface area contributed by atoms with Crippen LogP contribution < -0.4 is 0 Å². The van der Waals surface area contributed by atoms with E-state index in [9.17, 15) is 9.90 Å². The number of aryl methyl sites for hydroxylation is 3. The molecule has 1 saturated carbocycles. The molecule has 1 atom stereocenters. The summed E-state index contributed by atoms with van der Waals surface area (Å²) in [4.78, 5) is 20.4. The molecule has 0 radical (unpaired) electrons. The van der Waals surface area contributed by atoms with Gasteiger partial charge in [-0.1, -0.05) is 41.1 Å². The van der Waals surface area contributed by atoms with Crippen molar-refractivity contribution in [3.05, 3.63) is 56.8 Å². The van der Waals surface area contributed by atoms with E-state index in [1.54, 1.807) is 17.3 Å². The Hall–Kier alpha value is -2.05. The summed E-state index contributed by atoms with van der Waals surface area (Å²) in [5.41, 5.74) is 7.65. The van der Waals surface area contributed by atoms with Crippen molar-refractivity contribution in [3.8, 4) is 0 Å². The van der Waals surface area contributed by atoms with Gasteiger partial charge in [-0.05, 0) is 87.4 Å². The van der Waals surface area contributed by atoms with Crippen LogP contribution in [0.5, 0.6) is 0 Å². The summed E-state index contributed by atoms with van der Waals surface area (Å²) in [5.74, 6) is 0.194. The number of carboxylic acid groups (broad SMARTS) is 1. The van der Waals surface area contributed by atoms with Crippen LogP contribution in [0.4, 0.5) is 5.69 Å². The molecule has 1 unspecified atom stereocenters.